The number of ether oxygens (including phenoxy) is 2. The first-order valence-corrected chi connectivity index (χ1v) is 7.00. The summed E-state index contributed by atoms with van der Waals surface area (Å²) in [4.78, 5) is 2.26. The summed E-state index contributed by atoms with van der Waals surface area (Å²) in [5, 5.41) is 3.44. The van der Waals surface area contributed by atoms with Crippen molar-refractivity contribution in [3.63, 3.8) is 0 Å². The van der Waals surface area contributed by atoms with Crippen LogP contribution in [0.2, 0.25) is 0 Å². The molecule has 0 saturated carbocycles. The molecule has 0 aliphatic heterocycles. The van der Waals surface area contributed by atoms with E-state index in [9.17, 15) is 0 Å². The maximum atomic E-state index is 5.38. The van der Waals surface area contributed by atoms with E-state index in [2.05, 4.69) is 50.3 Å². The van der Waals surface area contributed by atoms with Crippen molar-refractivity contribution in [3.05, 3.63) is 23.8 Å². The highest BCUT2D eigenvalue weighted by Gasteiger charge is 2.35. The van der Waals surface area contributed by atoms with Crippen LogP contribution in [0.3, 0.4) is 0 Å². The Balaban J connectivity index is 3.30. The van der Waals surface area contributed by atoms with Crippen molar-refractivity contribution in [2.45, 2.75) is 31.8 Å². The maximum absolute atomic E-state index is 5.38. The van der Waals surface area contributed by atoms with Crippen LogP contribution in [0.1, 0.15) is 31.9 Å². The lowest BCUT2D eigenvalue weighted by Crippen LogP contribution is -2.50. The first kappa shape index (κ1) is 16.8. The Hall–Kier alpha value is -1.26. The molecule has 1 aromatic carbocycles. The fourth-order valence-electron chi connectivity index (χ4n) is 2.61. The van der Waals surface area contributed by atoms with Crippen molar-refractivity contribution >= 4 is 0 Å². The number of nitrogens with zero attached hydrogens (tertiary/aromatic N) is 1. The van der Waals surface area contributed by atoms with Crippen LogP contribution in [0.15, 0.2) is 18.2 Å². The van der Waals surface area contributed by atoms with Gasteiger partial charge in [-0.1, -0.05) is 6.92 Å². The van der Waals surface area contributed by atoms with Crippen molar-refractivity contribution in [2.24, 2.45) is 0 Å². The molecule has 4 heteroatoms. The van der Waals surface area contributed by atoms with E-state index in [0.717, 1.165) is 17.9 Å². The Morgan fingerprint density at radius 3 is 1.95 bits per heavy atom. The Labute approximate surface area is 123 Å². The third-order valence-corrected chi connectivity index (χ3v) is 4.36. The fourth-order valence-corrected chi connectivity index (χ4v) is 2.61. The summed E-state index contributed by atoms with van der Waals surface area (Å²) in [5.74, 6) is 1.63. The second kappa shape index (κ2) is 6.95. The van der Waals surface area contributed by atoms with Gasteiger partial charge in [0.15, 0.2) is 0 Å². The van der Waals surface area contributed by atoms with Gasteiger partial charge in [0.25, 0.3) is 0 Å². The SMILES string of the molecule is CCC(C)(C(NC)c1cc(OC)cc(OC)c1)N(C)C. The predicted octanol–water partition coefficient (Wildman–Crippen LogP) is 2.69. The first-order valence-electron chi connectivity index (χ1n) is 7.00. The summed E-state index contributed by atoms with van der Waals surface area (Å²) < 4.78 is 10.8. The highest BCUT2D eigenvalue weighted by molar-refractivity contribution is 5.41. The molecule has 0 aromatic heterocycles. The molecule has 0 bridgehead atoms. The summed E-state index contributed by atoms with van der Waals surface area (Å²) in [6.45, 7) is 4.47. The molecule has 0 saturated heterocycles. The average molecular weight is 280 g/mol. The van der Waals surface area contributed by atoms with Gasteiger partial charge in [-0.2, -0.15) is 0 Å². The minimum absolute atomic E-state index is 0.00608. The molecule has 0 aliphatic carbocycles. The van der Waals surface area contributed by atoms with Crippen LogP contribution in [-0.2, 0) is 0 Å². The summed E-state index contributed by atoms with van der Waals surface area (Å²) in [7, 11) is 9.58. The van der Waals surface area contributed by atoms with Gasteiger partial charge in [0, 0.05) is 11.6 Å². The lowest BCUT2D eigenvalue weighted by Gasteiger charge is -2.43. The Morgan fingerprint density at radius 2 is 1.65 bits per heavy atom. The van der Waals surface area contributed by atoms with Gasteiger partial charge in [0.2, 0.25) is 0 Å². The molecule has 4 nitrogen and oxygen atoms in total. The smallest absolute Gasteiger partial charge is 0.122 e. The molecule has 114 valence electrons. The Morgan fingerprint density at radius 1 is 1.15 bits per heavy atom. The van der Waals surface area contributed by atoms with Crippen LogP contribution in [0.5, 0.6) is 11.5 Å². The molecule has 20 heavy (non-hydrogen) atoms. The zero-order valence-electron chi connectivity index (χ0n) is 13.8. The minimum Gasteiger partial charge on any atom is -0.497 e. The van der Waals surface area contributed by atoms with Gasteiger partial charge >= 0.3 is 0 Å². The third kappa shape index (κ3) is 3.25. The highest BCUT2D eigenvalue weighted by atomic mass is 16.5. The molecule has 0 radical (unpaired) electrons. The van der Waals surface area contributed by atoms with Crippen molar-refractivity contribution in [3.8, 4) is 11.5 Å². The van der Waals surface area contributed by atoms with E-state index >= 15 is 0 Å². The summed E-state index contributed by atoms with van der Waals surface area (Å²) in [6.07, 6.45) is 1.03. The Bertz CT molecular complexity index is 412. The number of benzene rings is 1. The van der Waals surface area contributed by atoms with Gasteiger partial charge in [0.05, 0.1) is 20.3 Å². The van der Waals surface area contributed by atoms with Crippen LogP contribution >= 0.6 is 0 Å². The quantitative estimate of drug-likeness (QED) is 0.832. The largest absolute Gasteiger partial charge is 0.497 e. The second-order valence-electron chi connectivity index (χ2n) is 5.47. The molecular weight excluding hydrogens is 252 g/mol. The molecule has 0 amide bonds. The number of methoxy groups -OCH3 is 2. The van der Waals surface area contributed by atoms with E-state index < -0.39 is 0 Å². The molecular formula is C16H28N2O2. The molecule has 0 aliphatic rings. The molecule has 1 N–H and O–H groups in total. The van der Waals surface area contributed by atoms with Crippen LogP contribution in [-0.4, -0.2) is 45.8 Å². The van der Waals surface area contributed by atoms with E-state index in [1.165, 1.54) is 5.56 Å². The van der Waals surface area contributed by atoms with Gasteiger partial charge in [0.1, 0.15) is 11.5 Å². The van der Waals surface area contributed by atoms with Gasteiger partial charge in [-0.3, -0.25) is 0 Å². The first-order chi connectivity index (χ1) is 9.42. The molecule has 1 rings (SSSR count). The molecule has 2 unspecified atom stereocenters. The van der Waals surface area contributed by atoms with Gasteiger partial charge in [-0.05, 0) is 52.2 Å². The standard InChI is InChI=1S/C16H28N2O2/c1-8-16(2,18(4)5)15(17-3)12-9-13(19-6)11-14(10-12)20-7/h9-11,15,17H,8H2,1-7H3. The number of rotatable bonds is 7. The van der Waals surface area contributed by atoms with Crippen molar-refractivity contribution < 1.29 is 9.47 Å². The molecule has 0 heterocycles. The van der Waals surface area contributed by atoms with Crippen molar-refractivity contribution in [2.75, 3.05) is 35.4 Å². The number of hydrogen-bond donors (Lipinski definition) is 1. The normalized spacial score (nSPS) is 15.8. The molecule has 0 fully saturated rings. The predicted molar refractivity (Wildman–Crippen MR) is 83.7 cm³/mol. The monoisotopic (exact) mass is 280 g/mol. The van der Waals surface area contributed by atoms with Crippen LogP contribution in [0.25, 0.3) is 0 Å². The third-order valence-electron chi connectivity index (χ3n) is 4.36. The second-order valence-corrected chi connectivity index (χ2v) is 5.47. The number of likely N-dealkylation sites (N-methyl/N-ethyl adjacent to an activating group) is 2. The molecule has 1 aromatic rings. The zero-order valence-corrected chi connectivity index (χ0v) is 13.8. The van der Waals surface area contributed by atoms with Crippen molar-refractivity contribution in [1.29, 1.82) is 0 Å². The number of nitrogens with one attached hydrogen (secondary N) is 1. The van der Waals surface area contributed by atoms with E-state index in [0.29, 0.717) is 0 Å². The van der Waals surface area contributed by atoms with E-state index in [-0.39, 0.29) is 11.6 Å². The summed E-state index contributed by atoms with van der Waals surface area (Å²) in [5.41, 5.74) is 1.17. The summed E-state index contributed by atoms with van der Waals surface area (Å²) >= 11 is 0. The van der Waals surface area contributed by atoms with Crippen LogP contribution in [0, 0.1) is 0 Å². The van der Waals surface area contributed by atoms with Crippen LogP contribution in [0.4, 0.5) is 0 Å². The molecule has 0 spiro atoms. The fraction of sp³-hybridized carbons (Fsp3) is 0.625. The van der Waals surface area contributed by atoms with Gasteiger partial charge < -0.3 is 19.7 Å². The maximum Gasteiger partial charge on any atom is 0.122 e. The lowest BCUT2D eigenvalue weighted by molar-refractivity contribution is 0.116. The zero-order chi connectivity index (χ0) is 15.3. The van der Waals surface area contributed by atoms with Gasteiger partial charge in [-0.25, -0.2) is 0 Å². The molecule has 2 atom stereocenters. The lowest BCUT2D eigenvalue weighted by atomic mass is 9.83. The Kier molecular flexibility index (Phi) is 5.84. The van der Waals surface area contributed by atoms with E-state index in [1.54, 1.807) is 14.2 Å². The minimum atomic E-state index is 0.00608. The topological polar surface area (TPSA) is 33.7 Å². The summed E-state index contributed by atoms with van der Waals surface area (Å²) in [6, 6.07) is 6.23. The van der Waals surface area contributed by atoms with Crippen molar-refractivity contribution in [1.82, 2.24) is 10.2 Å². The van der Waals surface area contributed by atoms with E-state index in [4.69, 9.17) is 9.47 Å². The van der Waals surface area contributed by atoms with E-state index in [1.807, 2.05) is 13.1 Å². The number of hydrogen-bond acceptors (Lipinski definition) is 4. The highest BCUT2D eigenvalue weighted by Crippen LogP contribution is 2.35. The average Bonchev–Trinajstić information content (AvgIpc) is 2.46. The van der Waals surface area contributed by atoms with Crippen LogP contribution < -0.4 is 14.8 Å². The van der Waals surface area contributed by atoms with Gasteiger partial charge in [-0.15, -0.1) is 0 Å².